The Morgan fingerprint density at radius 2 is 0.539 bits per heavy atom. The third-order valence-corrected chi connectivity index (χ3v) is 12.9. The van der Waals surface area contributed by atoms with Crippen LogP contribution in [0.15, 0.2) is 134 Å². The van der Waals surface area contributed by atoms with Crippen LogP contribution in [0.3, 0.4) is 0 Å². The summed E-state index contributed by atoms with van der Waals surface area (Å²) >= 11 is 0. The van der Waals surface area contributed by atoms with Crippen molar-refractivity contribution in [3.8, 4) is 0 Å². The molecule has 1 atom stereocenters. The molecule has 0 aromatic rings. The highest BCUT2D eigenvalue weighted by atomic mass is 16.6. The summed E-state index contributed by atoms with van der Waals surface area (Å²) in [7, 11) is 0. The SMILES string of the molecule is CC/C=C\C/C=C\C/C=C\C/C=C\C/C=C\C/C=C\C/C=C\CCCCCCCCCC(=O)OCC(COC(=O)CC/C=C\C/C=C\C/C=C\C/C=C\CC)OC(=O)CCCCCCCCCCCCCCCCCC. The highest BCUT2D eigenvalue weighted by Gasteiger charge is 2.19. The van der Waals surface area contributed by atoms with Gasteiger partial charge >= 0.3 is 17.9 Å². The molecule has 6 nitrogen and oxygen atoms in total. The van der Waals surface area contributed by atoms with Gasteiger partial charge in [0.1, 0.15) is 13.2 Å². The number of hydrogen-bond donors (Lipinski definition) is 0. The Balaban J connectivity index is 4.37. The maximum Gasteiger partial charge on any atom is 0.306 e. The summed E-state index contributed by atoms with van der Waals surface area (Å²) in [4.78, 5) is 38.2. The number of allylic oxidation sites excluding steroid dienone is 22. The molecule has 6 heteroatoms. The molecule has 0 heterocycles. The normalized spacial score (nSPS) is 13.0. The molecular weight excluding hydrogens is 937 g/mol. The second-order valence-electron chi connectivity index (χ2n) is 20.2. The van der Waals surface area contributed by atoms with E-state index in [0.29, 0.717) is 19.3 Å². The van der Waals surface area contributed by atoms with Gasteiger partial charge in [-0.25, -0.2) is 0 Å². The van der Waals surface area contributed by atoms with Crippen LogP contribution in [0, 0.1) is 0 Å². The van der Waals surface area contributed by atoms with Gasteiger partial charge in [0.05, 0.1) is 0 Å². The highest BCUT2D eigenvalue weighted by Crippen LogP contribution is 2.16. The summed E-state index contributed by atoms with van der Waals surface area (Å²) in [5, 5.41) is 0. The van der Waals surface area contributed by atoms with E-state index >= 15 is 0 Å². The summed E-state index contributed by atoms with van der Waals surface area (Å²) in [6.07, 6.45) is 89.0. The minimum atomic E-state index is -0.814. The molecule has 0 aromatic heterocycles. The Morgan fingerprint density at radius 1 is 0.276 bits per heavy atom. The van der Waals surface area contributed by atoms with E-state index in [1.165, 1.54) is 109 Å². The lowest BCUT2D eigenvalue weighted by molar-refractivity contribution is -0.166. The van der Waals surface area contributed by atoms with Gasteiger partial charge in [-0.15, -0.1) is 0 Å². The van der Waals surface area contributed by atoms with Gasteiger partial charge in [-0.3, -0.25) is 14.4 Å². The Labute approximate surface area is 468 Å². The minimum Gasteiger partial charge on any atom is -0.462 e. The molecule has 0 bridgehead atoms. The number of unbranched alkanes of at least 4 members (excludes halogenated alkanes) is 22. The van der Waals surface area contributed by atoms with Crippen molar-refractivity contribution in [2.24, 2.45) is 0 Å². The van der Waals surface area contributed by atoms with Crippen LogP contribution in [-0.4, -0.2) is 37.2 Å². The van der Waals surface area contributed by atoms with E-state index in [1.54, 1.807) is 0 Å². The van der Waals surface area contributed by atoms with Crippen molar-refractivity contribution in [3.63, 3.8) is 0 Å². The Hall–Kier alpha value is -4.45. The second-order valence-corrected chi connectivity index (χ2v) is 20.2. The first kappa shape index (κ1) is 71.5. The zero-order valence-electron chi connectivity index (χ0n) is 49.2. The molecule has 0 aliphatic carbocycles. The van der Waals surface area contributed by atoms with Crippen molar-refractivity contribution in [2.75, 3.05) is 13.2 Å². The smallest absolute Gasteiger partial charge is 0.306 e. The lowest BCUT2D eigenvalue weighted by Crippen LogP contribution is -2.30. The zero-order chi connectivity index (χ0) is 55.0. The summed E-state index contributed by atoms with van der Waals surface area (Å²) < 4.78 is 16.8. The molecule has 0 saturated carbocycles. The Kier molecular flexibility index (Phi) is 59.4. The highest BCUT2D eigenvalue weighted by molar-refractivity contribution is 5.71. The van der Waals surface area contributed by atoms with Gasteiger partial charge < -0.3 is 14.2 Å². The van der Waals surface area contributed by atoms with Crippen molar-refractivity contribution in [1.82, 2.24) is 0 Å². The number of esters is 3. The van der Waals surface area contributed by atoms with Gasteiger partial charge in [0.15, 0.2) is 6.10 Å². The molecule has 0 aromatic carbocycles. The largest absolute Gasteiger partial charge is 0.462 e. The second kappa shape index (κ2) is 63.1. The van der Waals surface area contributed by atoms with Crippen LogP contribution in [-0.2, 0) is 28.6 Å². The van der Waals surface area contributed by atoms with E-state index in [-0.39, 0.29) is 37.5 Å². The van der Waals surface area contributed by atoms with Gasteiger partial charge in [-0.1, -0.05) is 283 Å². The lowest BCUT2D eigenvalue weighted by atomic mass is 10.0. The average molecular weight is 1050 g/mol. The third-order valence-electron chi connectivity index (χ3n) is 12.9. The molecule has 76 heavy (non-hydrogen) atoms. The molecule has 0 aliphatic heterocycles. The third kappa shape index (κ3) is 60.4. The Morgan fingerprint density at radius 3 is 0.882 bits per heavy atom. The van der Waals surface area contributed by atoms with Gasteiger partial charge in [0, 0.05) is 19.3 Å². The fourth-order valence-electron chi connectivity index (χ4n) is 8.32. The zero-order valence-corrected chi connectivity index (χ0v) is 49.2. The van der Waals surface area contributed by atoms with Crippen molar-refractivity contribution < 1.29 is 28.6 Å². The predicted molar refractivity (Wildman–Crippen MR) is 329 cm³/mol. The molecule has 0 saturated heterocycles. The number of ether oxygens (including phenoxy) is 3. The molecule has 0 rings (SSSR count). The summed E-state index contributed by atoms with van der Waals surface area (Å²) in [5.74, 6) is -1.000. The molecule has 1 unspecified atom stereocenters. The minimum absolute atomic E-state index is 0.108. The van der Waals surface area contributed by atoms with Crippen LogP contribution < -0.4 is 0 Å². The maximum absolute atomic E-state index is 12.9. The van der Waals surface area contributed by atoms with Crippen molar-refractivity contribution in [1.29, 1.82) is 0 Å². The van der Waals surface area contributed by atoms with Crippen molar-refractivity contribution in [3.05, 3.63) is 134 Å². The molecular formula is C70H114O6. The van der Waals surface area contributed by atoms with Crippen LogP contribution in [0.25, 0.3) is 0 Å². The van der Waals surface area contributed by atoms with E-state index in [4.69, 9.17) is 14.2 Å². The van der Waals surface area contributed by atoms with Crippen LogP contribution in [0.4, 0.5) is 0 Å². The van der Waals surface area contributed by atoms with E-state index < -0.39 is 6.10 Å². The first-order valence-corrected chi connectivity index (χ1v) is 31.2. The fraction of sp³-hybridized carbons (Fsp3) is 0.643. The monoisotopic (exact) mass is 1050 g/mol. The van der Waals surface area contributed by atoms with Crippen LogP contribution in [0.2, 0.25) is 0 Å². The number of carbonyl (C=O) groups excluding carboxylic acids is 3. The lowest BCUT2D eigenvalue weighted by Gasteiger charge is -2.18. The van der Waals surface area contributed by atoms with E-state index in [9.17, 15) is 14.4 Å². The van der Waals surface area contributed by atoms with Crippen LogP contribution in [0.5, 0.6) is 0 Å². The number of rotatable bonds is 55. The fourth-order valence-corrected chi connectivity index (χ4v) is 8.32. The molecule has 0 radical (unpaired) electrons. The Bertz CT molecular complexity index is 1630. The van der Waals surface area contributed by atoms with Crippen LogP contribution >= 0.6 is 0 Å². The van der Waals surface area contributed by atoms with Gasteiger partial charge in [0.25, 0.3) is 0 Å². The van der Waals surface area contributed by atoms with Crippen LogP contribution in [0.1, 0.15) is 271 Å². The summed E-state index contributed by atoms with van der Waals surface area (Å²) in [6.45, 7) is 6.35. The van der Waals surface area contributed by atoms with Crippen molar-refractivity contribution >= 4 is 17.9 Å². The van der Waals surface area contributed by atoms with Gasteiger partial charge in [-0.2, -0.15) is 0 Å². The maximum atomic E-state index is 12.9. The number of carbonyl (C=O) groups is 3. The van der Waals surface area contributed by atoms with E-state index in [0.717, 1.165) is 116 Å². The van der Waals surface area contributed by atoms with Gasteiger partial charge in [0.2, 0.25) is 0 Å². The topological polar surface area (TPSA) is 78.9 Å². The first-order chi connectivity index (χ1) is 37.5. The van der Waals surface area contributed by atoms with E-state index in [2.05, 4.69) is 148 Å². The standard InChI is InChI=1S/C70H114O6/c1-4-7-10-13-16-19-22-25-27-29-30-31-32-33-34-35-36-37-38-39-40-41-43-45-48-51-54-57-60-63-69(72)75-66-67(65-74-68(71)62-59-56-53-50-47-44-24-21-18-15-12-9-6-3)76-70(73)64-61-58-55-52-49-46-42-28-26-23-20-17-14-11-8-5-2/h7,9-10,12,16,18-19,21,25,27,30-31,33-34,36-37,39-40,44,47,53,56,67H,4-6,8,11,13-15,17,20,22-24,26,28-29,32,35,38,41-43,45-46,48-52,54-55,57-66H2,1-3H3/b10-7-,12-9-,19-16-,21-18-,27-25-,31-30-,34-33-,37-36-,40-39-,47-44-,56-53-. The number of hydrogen-bond acceptors (Lipinski definition) is 6. The quantitative estimate of drug-likeness (QED) is 0.0261. The molecule has 0 amide bonds. The van der Waals surface area contributed by atoms with Crippen molar-refractivity contribution in [2.45, 2.75) is 277 Å². The predicted octanol–water partition coefficient (Wildman–Crippen LogP) is 21.4. The summed E-state index contributed by atoms with van der Waals surface area (Å²) in [6, 6.07) is 0. The average Bonchev–Trinajstić information content (AvgIpc) is 3.42. The van der Waals surface area contributed by atoms with Gasteiger partial charge in [-0.05, 0) is 103 Å². The summed E-state index contributed by atoms with van der Waals surface area (Å²) in [5.41, 5.74) is 0. The molecule has 0 spiro atoms. The first-order valence-electron chi connectivity index (χ1n) is 31.2. The van der Waals surface area contributed by atoms with E-state index in [1.807, 2.05) is 6.08 Å². The molecule has 0 fully saturated rings. The molecule has 0 N–H and O–H groups in total. The molecule has 0 aliphatic rings. The molecule has 430 valence electrons.